The van der Waals surface area contributed by atoms with Crippen LogP contribution in [0.5, 0.6) is 5.88 Å². The van der Waals surface area contributed by atoms with E-state index in [1.165, 1.54) is 16.0 Å². The van der Waals surface area contributed by atoms with Crippen molar-refractivity contribution in [2.45, 2.75) is 6.92 Å². The Bertz CT molecular complexity index is 809. The Morgan fingerprint density at radius 3 is 2.90 bits per heavy atom. The number of halogens is 1. The summed E-state index contributed by atoms with van der Waals surface area (Å²) < 4.78 is 8.21. The molecule has 0 atom stereocenters. The zero-order valence-corrected chi connectivity index (χ0v) is 12.3. The number of rotatable bonds is 2. The molecule has 0 saturated heterocycles. The predicted molar refractivity (Wildman–Crippen MR) is 77.5 cm³/mol. The SMILES string of the molecule is Cc1c(C(=O)Oc2ccnn2C)ccc2sc(Cl)nc12. The van der Waals surface area contributed by atoms with Gasteiger partial charge in [-0.05, 0) is 24.6 Å². The highest BCUT2D eigenvalue weighted by Gasteiger charge is 2.17. The van der Waals surface area contributed by atoms with E-state index in [-0.39, 0.29) is 0 Å². The molecule has 5 nitrogen and oxygen atoms in total. The molecule has 0 aliphatic heterocycles. The first-order valence-corrected chi connectivity index (χ1v) is 7.01. The van der Waals surface area contributed by atoms with E-state index in [2.05, 4.69) is 10.1 Å². The third-order valence-corrected chi connectivity index (χ3v) is 4.11. The Hall–Kier alpha value is -1.92. The summed E-state index contributed by atoms with van der Waals surface area (Å²) in [4.78, 5) is 16.4. The first-order chi connectivity index (χ1) is 9.56. The Kier molecular flexibility index (Phi) is 3.19. The van der Waals surface area contributed by atoms with E-state index < -0.39 is 5.97 Å². The lowest BCUT2D eigenvalue weighted by molar-refractivity contribution is 0.0719. The summed E-state index contributed by atoms with van der Waals surface area (Å²) in [6.45, 7) is 1.83. The topological polar surface area (TPSA) is 57.0 Å². The van der Waals surface area contributed by atoms with Crippen LogP contribution in [0.4, 0.5) is 0 Å². The third kappa shape index (κ3) is 2.17. The highest BCUT2D eigenvalue weighted by Crippen LogP contribution is 2.29. The van der Waals surface area contributed by atoms with Gasteiger partial charge in [-0.3, -0.25) is 0 Å². The molecule has 7 heteroatoms. The second kappa shape index (κ2) is 4.88. The summed E-state index contributed by atoms with van der Waals surface area (Å²) in [5, 5.41) is 3.95. The van der Waals surface area contributed by atoms with Gasteiger partial charge in [0.05, 0.1) is 22.0 Å². The standard InChI is InChI=1S/C13H10ClN3O2S/c1-7-8(3-4-9-11(7)16-13(14)20-9)12(18)19-10-5-6-15-17(10)2/h3-6H,1-2H3. The number of aryl methyl sites for hydroxylation is 2. The molecule has 0 N–H and O–H groups in total. The molecule has 0 bridgehead atoms. The van der Waals surface area contributed by atoms with Crippen molar-refractivity contribution in [2.75, 3.05) is 0 Å². The van der Waals surface area contributed by atoms with E-state index >= 15 is 0 Å². The van der Waals surface area contributed by atoms with Gasteiger partial charge in [0.25, 0.3) is 0 Å². The van der Waals surface area contributed by atoms with Crippen LogP contribution in [-0.2, 0) is 7.05 Å². The number of thiazole rings is 1. The Balaban J connectivity index is 1.99. The number of carbonyl (C=O) groups is 1. The maximum Gasteiger partial charge on any atom is 0.345 e. The number of benzene rings is 1. The Morgan fingerprint density at radius 2 is 2.20 bits per heavy atom. The lowest BCUT2D eigenvalue weighted by Gasteiger charge is -2.06. The predicted octanol–water partition coefficient (Wildman–Crippen LogP) is 3.21. The molecule has 0 aliphatic carbocycles. The van der Waals surface area contributed by atoms with Gasteiger partial charge in [-0.1, -0.05) is 11.6 Å². The monoisotopic (exact) mass is 307 g/mol. The number of esters is 1. The number of fused-ring (bicyclic) bond motifs is 1. The summed E-state index contributed by atoms with van der Waals surface area (Å²) in [6.07, 6.45) is 1.57. The van der Waals surface area contributed by atoms with Crippen LogP contribution in [0, 0.1) is 6.92 Å². The molecule has 3 rings (SSSR count). The fourth-order valence-corrected chi connectivity index (χ4v) is 3.01. The van der Waals surface area contributed by atoms with E-state index in [0.717, 1.165) is 15.8 Å². The smallest absolute Gasteiger partial charge is 0.345 e. The fraction of sp³-hybridized carbons (Fsp3) is 0.154. The zero-order chi connectivity index (χ0) is 14.3. The number of nitrogens with zero attached hydrogens (tertiary/aromatic N) is 3. The second-order valence-electron chi connectivity index (χ2n) is 4.23. The first-order valence-electron chi connectivity index (χ1n) is 5.82. The summed E-state index contributed by atoms with van der Waals surface area (Å²) in [5.74, 6) is -0.0390. The molecular formula is C13H10ClN3O2S. The Morgan fingerprint density at radius 1 is 1.40 bits per heavy atom. The number of hydrogen-bond donors (Lipinski definition) is 0. The van der Waals surface area contributed by atoms with Crippen molar-refractivity contribution in [3.8, 4) is 5.88 Å². The van der Waals surface area contributed by atoms with Crippen molar-refractivity contribution in [3.05, 3.63) is 40.0 Å². The van der Waals surface area contributed by atoms with Crippen molar-refractivity contribution < 1.29 is 9.53 Å². The fourth-order valence-electron chi connectivity index (χ4n) is 1.93. The lowest BCUT2D eigenvalue weighted by Crippen LogP contribution is -2.12. The van der Waals surface area contributed by atoms with Crippen LogP contribution in [-0.4, -0.2) is 20.7 Å². The Labute approximate surface area is 123 Å². The quantitative estimate of drug-likeness (QED) is 0.682. The van der Waals surface area contributed by atoms with Gasteiger partial charge in [0.2, 0.25) is 5.88 Å². The second-order valence-corrected chi connectivity index (χ2v) is 5.85. The summed E-state index contributed by atoms with van der Waals surface area (Å²) >= 11 is 7.29. The first kappa shape index (κ1) is 13.1. The summed E-state index contributed by atoms with van der Waals surface area (Å²) in [7, 11) is 1.71. The average Bonchev–Trinajstić information content (AvgIpc) is 2.96. The van der Waals surface area contributed by atoms with Gasteiger partial charge in [-0.2, -0.15) is 5.10 Å². The van der Waals surface area contributed by atoms with Crippen molar-refractivity contribution in [1.29, 1.82) is 0 Å². The molecular weight excluding hydrogens is 298 g/mol. The van der Waals surface area contributed by atoms with Crippen molar-refractivity contribution in [1.82, 2.24) is 14.8 Å². The molecule has 0 amide bonds. The number of ether oxygens (including phenoxy) is 1. The van der Waals surface area contributed by atoms with Crippen LogP contribution >= 0.6 is 22.9 Å². The molecule has 2 aromatic heterocycles. The summed E-state index contributed by atoms with van der Waals surface area (Å²) in [5.41, 5.74) is 1.97. The normalized spacial score (nSPS) is 10.9. The minimum absolute atomic E-state index is 0.394. The molecule has 0 spiro atoms. The molecule has 3 aromatic rings. The largest absolute Gasteiger partial charge is 0.404 e. The number of carbonyl (C=O) groups excluding carboxylic acids is 1. The van der Waals surface area contributed by atoms with Crippen LogP contribution in [0.25, 0.3) is 10.2 Å². The van der Waals surface area contributed by atoms with E-state index in [0.29, 0.717) is 15.9 Å². The van der Waals surface area contributed by atoms with Gasteiger partial charge in [-0.15, -0.1) is 11.3 Å². The van der Waals surface area contributed by atoms with Gasteiger partial charge >= 0.3 is 5.97 Å². The van der Waals surface area contributed by atoms with Gasteiger partial charge < -0.3 is 4.74 Å². The van der Waals surface area contributed by atoms with Gasteiger partial charge in [0, 0.05) is 13.1 Å². The molecule has 2 heterocycles. The molecule has 0 radical (unpaired) electrons. The number of aromatic nitrogens is 3. The van der Waals surface area contributed by atoms with Crippen LogP contribution in [0.3, 0.4) is 0 Å². The van der Waals surface area contributed by atoms with Gasteiger partial charge in [0.1, 0.15) is 0 Å². The van der Waals surface area contributed by atoms with Crippen LogP contribution in [0.2, 0.25) is 4.47 Å². The van der Waals surface area contributed by atoms with Gasteiger partial charge in [-0.25, -0.2) is 14.5 Å². The third-order valence-electron chi connectivity index (χ3n) is 2.98. The van der Waals surface area contributed by atoms with Crippen LogP contribution in [0.15, 0.2) is 24.4 Å². The van der Waals surface area contributed by atoms with Crippen molar-refractivity contribution in [2.24, 2.45) is 7.05 Å². The molecule has 102 valence electrons. The van der Waals surface area contributed by atoms with Crippen LogP contribution < -0.4 is 4.74 Å². The minimum Gasteiger partial charge on any atom is -0.404 e. The van der Waals surface area contributed by atoms with E-state index in [1.54, 1.807) is 25.4 Å². The van der Waals surface area contributed by atoms with Crippen LogP contribution in [0.1, 0.15) is 15.9 Å². The van der Waals surface area contributed by atoms with E-state index in [4.69, 9.17) is 16.3 Å². The summed E-state index contributed by atoms with van der Waals surface area (Å²) in [6, 6.07) is 5.18. The molecule has 0 saturated carbocycles. The minimum atomic E-state index is -0.433. The van der Waals surface area contributed by atoms with Crippen molar-refractivity contribution in [3.63, 3.8) is 0 Å². The molecule has 0 aliphatic rings. The highest BCUT2D eigenvalue weighted by atomic mass is 35.5. The van der Waals surface area contributed by atoms with Gasteiger partial charge in [0.15, 0.2) is 4.47 Å². The van der Waals surface area contributed by atoms with E-state index in [1.807, 2.05) is 13.0 Å². The molecule has 1 aromatic carbocycles. The molecule has 0 fully saturated rings. The maximum atomic E-state index is 12.2. The zero-order valence-electron chi connectivity index (χ0n) is 10.8. The lowest BCUT2D eigenvalue weighted by atomic mass is 10.1. The number of hydrogen-bond acceptors (Lipinski definition) is 5. The maximum absolute atomic E-state index is 12.2. The van der Waals surface area contributed by atoms with Crippen molar-refractivity contribution >= 4 is 39.1 Å². The van der Waals surface area contributed by atoms with E-state index in [9.17, 15) is 4.79 Å². The molecule has 20 heavy (non-hydrogen) atoms. The highest BCUT2D eigenvalue weighted by molar-refractivity contribution is 7.22. The molecule has 0 unspecified atom stereocenters. The average molecular weight is 308 g/mol.